The lowest BCUT2D eigenvalue weighted by Crippen LogP contribution is -2.54. The van der Waals surface area contributed by atoms with Gasteiger partial charge in [0.15, 0.2) is 0 Å². The second kappa shape index (κ2) is 8.27. The Morgan fingerprint density at radius 2 is 1.64 bits per heavy atom. The third kappa shape index (κ3) is 4.03. The smallest absolute Gasteiger partial charge is 0.373 e. The molecule has 0 amide bonds. The molecule has 0 bridgehead atoms. The number of hydrogen-bond acceptors (Lipinski definition) is 3. The van der Waals surface area contributed by atoms with Crippen molar-refractivity contribution in [2.24, 2.45) is 0 Å². The fraction of sp³-hybridized carbons (Fsp3) is 0.526. The zero-order valence-electron chi connectivity index (χ0n) is 15.5. The average Bonchev–Trinajstić information content (AvgIpc) is 3.14. The molecule has 0 unspecified atom stereocenters. The summed E-state index contributed by atoms with van der Waals surface area (Å²) in [6.45, 7) is 0.863. The first-order valence-electron chi connectivity index (χ1n) is 9.02. The van der Waals surface area contributed by atoms with E-state index in [0.29, 0.717) is 6.04 Å². The van der Waals surface area contributed by atoms with Crippen molar-refractivity contribution in [2.75, 3.05) is 21.3 Å². The number of aromatic nitrogens is 2. The van der Waals surface area contributed by atoms with Crippen LogP contribution in [0.2, 0.25) is 0 Å². The molecule has 0 aliphatic heterocycles. The molecular formula is C19H29N2O3Si+. The van der Waals surface area contributed by atoms with E-state index in [-0.39, 0.29) is 0 Å². The van der Waals surface area contributed by atoms with Crippen LogP contribution in [0.3, 0.4) is 0 Å². The minimum absolute atomic E-state index is 0.675. The molecule has 3 rings (SSSR count). The highest BCUT2D eigenvalue weighted by Gasteiger charge is 2.40. The largest absolute Gasteiger partial charge is 0.536 e. The van der Waals surface area contributed by atoms with Crippen molar-refractivity contribution in [3.8, 4) is 0 Å². The van der Waals surface area contributed by atoms with Gasteiger partial charge in [-0.2, -0.15) is 0 Å². The molecule has 0 N–H and O–H groups in total. The Morgan fingerprint density at radius 3 is 2.24 bits per heavy atom. The second-order valence-electron chi connectivity index (χ2n) is 6.69. The molecule has 1 fully saturated rings. The molecule has 1 aliphatic rings. The Bertz CT molecular complexity index is 653. The predicted octanol–water partition coefficient (Wildman–Crippen LogP) is 2.41. The van der Waals surface area contributed by atoms with Crippen molar-refractivity contribution in [1.29, 1.82) is 0 Å². The van der Waals surface area contributed by atoms with Crippen LogP contribution in [0.25, 0.3) is 0 Å². The molecule has 0 atom stereocenters. The fourth-order valence-corrected chi connectivity index (χ4v) is 5.51. The van der Waals surface area contributed by atoms with Gasteiger partial charge in [-0.05, 0) is 31.2 Å². The maximum Gasteiger partial charge on any atom is 0.536 e. The van der Waals surface area contributed by atoms with E-state index >= 15 is 0 Å². The van der Waals surface area contributed by atoms with E-state index in [9.17, 15) is 0 Å². The molecule has 2 aromatic rings. The van der Waals surface area contributed by atoms with Crippen LogP contribution in [0.5, 0.6) is 0 Å². The van der Waals surface area contributed by atoms with Gasteiger partial charge in [-0.15, -0.1) is 0 Å². The van der Waals surface area contributed by atoms with E-state index in [1.807, 2.05) is 0 Å². The first-order valence-corrected chi connectivity index (χ1v) is 10.7. The predicted molar refractivity (Wildman–Crippen MR) is 98.7 cm³/mol. The summed E-state index contributed by atoms with van der Waals surface area (Å²) in [6.07, 6.45) is 13.3. The Hall–Kier alpha value is -1.47. The Morgan fingerprint density at radius 1 is 1.00 bits per heavy atom. The van der Waals surface area contributed by atoms with Crippen LogP contribution in [0, 0.1) is 0 Å². The number of imidazole rings is 1. The van der Waals surface area contributed by atoms with Crippen molar-refractivity contribution in [1.82, 2.24) is 4.57 Å². The average molecular weight is 362 g/mol. The lowest BCUT2D eigenvalue weighted by molar-refractivity contribution is -0.688. The fourth-order valence-electron chi connectivity index (χ4n) is 3.73. The normalized spacial score (nSPS) is 16.3. The summed E-state index contributed by atoms with van der Waals surface area (Å²) in [6, 6.07) is 9.03. The van der Waals surface area contributed by atoms with Crippen LogP contribution in [-0.4, -0.2) is 34.7 Å². The van der Waals surface area contributed by atoms with Gasteiger partial charge in [-0.3, -0.25) is 0 Å². The molecule has 0 spiro atoms. The number of hydrogen-bond donors (Lipinski definition) is 0. The minimum atomic E-state index is -2.74. The molecule has 25 heavy (non-hydrogen) atoms. The summed E-state index contributed by atoms with van der Waals surface area (Å²) in [5.74, 6) is 0. The standard InChI is InChI=1S/C19H29N2O3Si/c1-22-25(23-2,24-3)19-11-9-17(10-12-19)15-20-13-14-21(16-20)18-7-5-4-6-8-18/h9-14,16,18H,4-8,15H2,1-3H3/q+1. The molecule has 1 aromatic heterocycles. The van der Waals surface area contributed by atoms with Gasteiger partial charge in [-0.25, -0.2) is 9.13 Å². The molecule has 0 radical (unpaired) electrons. The molecule has 136 valence electrons. The third-order valence-corrected chi connectivity index (χ3v) is 7.84. The van der Waals surface area contributed by atoms with Crippen molar-refractivity contribution < 1.29 is 17.8 Å². The van der Waals surface area contributed by atoms with Gasteiger partial charge in [0.25, 0.3) is 0 Å². The second-order valence-corrected chi connectivity index (χ2v) is 9.60. The summed E-state index contributed by atoms with van der Waals surface area (Å²) in [7, 11) is 2.17. The summed E-state index contributed by atoms with van der Waals surface area (Å²) < 4.78 is 21.2. The van der Waals surface area contributed by atoms with Crippen LogP contribution >= 0.6 is 0 Å². The zero-order valence-corrected chi connectivity index (χ0v) is 16.5. The molecule has 1 heterocycles. The molecular weight excluding hydrogens is 332 g/mol. The van der Waals surface area contributed by atoms with Crippen LogP contribution < -0.4 is 9.75 Å². The van der Waals surface area contributed by atoms with Gasteiger partial charge in [0, 0.05) is 26.5 Å². The highest BCUT2D eigenvalue weighted by atomic mass is 28.4. The van der Waals surface area contributed by atoms with Gasteiger partial charge in [0.05, 0.1) is 0 Å². The summed E-state index contributed by atoms with van der Waals surface area (Å²) >= 11 is 0. The summed E-state index contributed by atoms with van der Waals surface area (Å²) in [5.41, 5.74) is 1.25. The van der Waals surface area contributed by atoms with Crippen LogP contribution in [0.4, 0.5) is 0 Å². The van der Waals surface area contributed by atoms with Crippen molar-refractivity contribution in [3.63, 3.8) is 0 Å². The minimum Gasteiger partial charge on any atom is -0.373 e. The Kier molecular flexibility index (Phi) is 6.06. The van der Waals surface area contributed by atoms with Gasteiger partial charge in [0.2, 0.25) is 6.33 Å². The number of benzene rings is 1. The van der Waals surface area contributed by atoms with Crippen LogP contribution in [0.15, 0.2) is 43.0 Å². The van der Waals surface area contributed by atoms with Crippen LogP contribution in [-0.2, 0) is 19.8 Å². The lowest BCUT2D eigenvalue weighted by atomic mass is 9.95. The summed E-state index contributed by atoms with van der Waals surface area (Å²) in [5, 5.41) is 0.980. The van der Waals surface area contributed by atoms with Crippen molar-refractivity contribution in [3.05, 3.63) is 48.5 Å². The zero-order chi connectivity index (χ0) is 17.7. The maximum absolute atomic E-state index is 5.54. The quantitative estimate of drug-likeness (QED) is 0.561. The maximum atomic E-state index is 5.54. The summed E-state index contributed by atoms with van der Waals surface area (Å²) in [4.78, 5) is 0. The highest BCUT2D eigenvalue weighted by molar-refractivity contribution is 6.75. The first kappa shape index (κ1) is 18.3. The topological polar surface area (TPSA) is 36.5 Å². The van der Waals surface area contributed by atoms with E-state index in [0.717, 1.165) is 11.7 Å². The van der Waals surface area contributed by atoms with Gasteiger partial charge >= 0.3 is 8.80 Å². The van der Waals surface area contributed by atoms with E-state index in [1.165, 1.54) is 37.7 Å². The van der Waals surface area contributed by atoms with E-state index < -0.39 is 8.80 Å². The van der Waals surface area contributed by atoms with E-state index in [2.05, 4.69) is 52.1 Å². The Labute approximate surface area is 151 Å². The van der Waals surface area contributed by atoms with Crippen molar-refractivity contribution in [2.45, 2.75) is 44.7 Å². The number of nitrogens with zero attached hydrogens (tertiary/aromatic N) is 2. The molecule has 0 saturated heterocycles. The van der Waals surface area contributed by atoms with Crippen LogP contribution in [0.1, 0.15) is 43.7 Å². The monoisotopic (exact) mass is 361 g/mol. The van der Waals surface area contributed by atoms with E-state index in [4.69, 9.17) is 13.3 Å². The SMILES string of the molecule is CO[Si](OC)(OC)c1ccc(C[n+]2ccn(C3CCCCC3)c2)cc1. The number of rotatable bonds is 7. The molecule has 1 aromatic carbocycles. The lowest BCUT2D eigenvalue weighted by Gasteiger charge is -2.24. The molecule has 1 aliphatic carbocycles. The Balaban J connectivity index is 1.68. The van der Waals surface area contributed by atoms with Crippen molar-refractivity contribution >= 4 is 14.0 Å². The van der Waals surface area contributed by atoms with Gasteiger partial charge < -0.3 is 13.3 Å². The first-order chi connectivity index (χ1) is 12.2. The molecule has 5 nitrogen and oxygen atoms in total. The van der Waals surface area contributed by atoms with Gasteiger partial charge in [0.1, 0.15) is 25.0 Å². The molecule has 1 saturated carbocycles. The molecule has 6 heteroatoms. The third-order valence-electron chi connectivity index (χ3n) is 5.19. The van der Waals surface area contributed by atoms with Gasteiger partial charge in [-0.1, -0.05) is 30.7 Å². The van der Waals surface area contributed by atoms with E-state index in [1.54, 1.807) is 21.3 Å². The highest BCUT2D eigenvalue weighted by Crippen LogP contribution is 2.27.